The predicted octanol–water partition coefficient (Wildman–Crippen LogP) is 0.657. The van der Waals surface area contributed by atoms with Crippen LogP contribution in [-0.4, -0.2) is 16.1 Å². The predicted molar refractivity (Wildman–Crippen MR) is 38.7 cm³/mol. The van der Waals surface area contributed by atoms with Crippen LogP contribution < -0.4 is 0 Å². The molecule has 0 saturated heterocycles. The van der Waals surface area contributed by atoms with E-state index < -0.39 is 11.8 Å². The molecule has 0 aliphatic carbocycles. The van der Waals surface area contributed by atoms with Gasteiger partial charge in [0.1, 0.15) is 11.5 Å². The Morgan fingerprint density at radius 2 is 2.33 bits per heavy atom. The number of hydrogen-bond acceptors (Lipinski definition) is 2. The normalized spacial score (nSPS) is 8.42. The third-order valence-electron chi connectivity index (χ3n) is 1.02. The van der Waals surface area contributed by atoms with E-state index in [-0.39, 0.29) is 5.69 Å². The van der Waals surface area contributed by atoms with Crippen LogP contribution in [0.25, 0.3) is 0 Å². The minimum atomic E-state index is -1.24. The number of pyridine rings is 1. The first-order valence-electron chi connectivity index (χ1n) is 3.05. The quantitative estimate of drug-likeness (QED) is 0.574. The molecule has 12 heavy (non-hydrogen) atoms. The van der Waals surface area contributed by atoms with E-state index in [1.807, 2.05) is 5.92 Å². The van der Waals surface area contributed by atoms with Crippen LogP contribution in [0.5, 0.6) is 0 Å². The van der Waals surface area contributed by atoms with Crippen molar-refractivity contribution in [2.45, 2.75) is 0 Å². The highest BCUT2D eigenvalue weighted by Gasteiger charge is 1.90. The van der Waals surface area contributed by atoms with E-state index in [9.17, 15) is 9.18 Å². The molecule has 3 nitrogen and oxygen atoms in total. The van der Waals surface area contributed by atoms with Gasteiger partial charge < -0.3 is 5.11 Å². The highest BCUT2D eigenvalue weighted by atomic mass is 19.1. The number of rotatable bonds is 0. The Bertz CT molecular complexity index is 348. The summed E-state index contributed by atoms with van der Waals surface area (Å²) in [6.07, 6.45) is 0.978. The lowest BCUT2D eigenvalue weighted by atomic mass is 10.3. The maximum atomic E-state index is 12.3. The van der Waals surface area contributed by atoms with Gasteiger partial charge in [0.25, 0.3) is 0 Å². The summed E-state index contributed by atoms with van der Waals surface area (Å²) in [5.74, 6) is 2.40. The summed E-state index contributed by atoms with van der Waals surface area (Å²) in [4.78, 5) is 13.5. The van der Waals surface area contributed by atoms with E-state index in [1.54, 1.807) is 0 Å². The second kappa shape index (κ2) is 3.49. The average molecular weight is 165 g/mol. The topological polar surface area (TPSA) is 50.2 Å². The van der Waals surface area contributed by atoms with Gasteiger partial charge in [0.2, 0.25) is 0 Å². The summed E-state index contributed by atoms with van der Waals surface area (Å²) in [5.41, 5.74) is 0.235. The fourth-order valence-corrected chi connectivity index (χ4v) is 0.567. The minimum Gasteiger partial charge on any atom is -0.472 e. The number of halogens is 1. The van der Waals surface area contributed by atoms with Crippen molar-refractivity contribution >= 4 is 5.97 Å². The van der Waals surface area contributed by atoms with E-state index >= 15 is 0 Å². The maximum Gasteiger partial charge on any atom is 0.382 e. The van der Waals surface area contributed by atoms with Gasteiger partial charge in [-0.2, -0.15) is 0 Å². The van der Waals surface area contributed by atoms with Crippen LogP contribution in [0.2, 0.25) is 0 Å². The first kappa shape index (κ1) is 8.21. The van der Waals surface area contributed by atoms with Crippen molar-refractivity contribution < 1.29 is 14.3 Å². The van der Waals surface area contributed by atoms with Crippen LogP contribution in [-0.2, 0) is 4.79 Å². The molecule has 0 unspecified atom stereocenters. The molecule has 0 atom stereocenters. The Hall–Kier alpha value is -1.89. The molecule has 0 amide bonds. The van der Waals surface area contributed by atoms with E-state index in [0.717, 1.165) is 6.20 Å². The number of carbonyl (C=O) groups is 1. The number of nitrogens with zero attached hydrogens (tertiary/aromatic N) is 1. The second-order valence-electron chi connectivity index (χ2n) is 1.92. The van der Waals surface area contributed by atoms with Crippen LogP contribution in [0.1, 0.15) is 5.69 Å². The van der Waals surface area contributed by atoms with Gasteiger partial charge in [-0.1, -0.05) is 0 Å². The first-order chi connectivity index (χ1) is 5.68. The molecule has 1 aromatic heterocycles. The standard InChI is InChI=1S/C8H4FNO2/c9-6-1-2-7(10-5-6)3-4-8(11)12/h1-2,5H,(H,11,12). The monoisotopic (exact) mass is 165 g/mol. The third kappa shape index (κ3) is 2.39. The molecule has 4 heteroatoms. The Morgan fingerprint density at radius 1 is 1.58 bits per heavy atom. The average Bonchev–Trinajstić information content (AvgIpc) is 2.03. The van der Waals surface area contributed by atoms with E-state index in [0.29, 0.717) is 0 Å². The number of aromatic nitrogens is 1. The maximum absolute atomic E-state index is 12.3. The number of carboxylic acids is 1. The lowest BCUT2D eigenvalue weighted by molar-refractivity contribution is -0.130. The molecule has 0 aliphatic rings. The zero-order valence-corrected chi connectivity index (χ0v) is 5.91. The molecule has 1 N–H and O–H groups in total. The Morgan fingerprint density at radius 3 is 2.83 bits per heavy atom. The van der Waals surface area contributed by atoms with Crippen molar-refractivity contribution in [3.63, 3.8) is 0 Å². The van der Waals surface area contributed by atoms with Gasteiger partial charge in [-0.05, 0) is 18.1 Å². The van der Waals surface area contributed by atoms with Crippen LogP contribution in [0.3, 0.4) is 0 Å². The van der Waals surface area contributed by atoms with Gasteiger partial charge >= 0.3 is 5.97 Å². The van der Waals surface area contributed by atoms with Crippen LogP contribution in [0.15, 0.2) is 18.3 Å². The molecule has 0 aliphatic heterocycles. The van der Waals surface area contributed by atoms with Crippen LogP contribution >= 0.6 is 0 Å². The molecule has 0 bridgehead atoms. The van der Waals surface area contributed by atoms with Crippen LogP contribution in [0, 0.1) is 17.7 Å². The summed E-state index contributed by atoms with van der Waals surface area (Å²) >= 11 is 0. The zero-order chi connectivity index (χ0) is 8.97. The first-order valence-corrected chi connectivity index (χ1v) is 3.05. The molecule has 1 rings (SSSR count). The summed E-state index contributed by atoms with van der Waals surface area (Å²) in [7, 11) is 0. The third-order valence-corrected chi connectivity index (χ3v) is 1.02. The molecular weight excluding hydrogens is 161 g/mol. The van der Waals surface area contributed by atoms with Crippen molar-refractivity contribution in [1.29, 1.82) is 0 Å². The molecule has 0 fully saturated rings. The summed E-state index contributed by atoms with van der Waals surface area (Å²) in [5, 5.41) is 8.15. The van der Waals surface area contributed by atoms with E-state index in [1.165, 1.54) is 12.1 Å². The molecule has 0 saturated carbocycles. The van der Waals surface area contributed by atoms with Gasteiger partial charge in [0.05, 0.1) is 6.20 Å². The molecule has 0 radical (unpaired) electrons. The van der Waals surface area contributed by atoms with Gasteiger partial charge in [0, 0.05) is 5.92 Å². The number of aliphatic carboxylic acids is 1. The van der Waals surface area contributed by atoms with Gasteiger partial charge in [-0.25, -0.2) is 14.2 Å². The highest BCUT2D eigenvalue weighted by molar-refractivity contribution is 5.87. The van der Waals surface area contributed by atoms with Crippen molar-refractivity contribution in [3.05, 3.63) is 29.8 Å². The minimum absolute atomic E-state index is 0.235. The van der Waals surface area contributed by atoms with Gasteiger partial charge in [-0.3, -0.25) is 0 Å². The zero-order valence-electron chi connectivity index (χ0n) is 5.91. The Balaban J connectivity index is 2.86. The van der Waals surface area contributed by atoms with Crippen molar-refractivity contribution in [3.8, 4) is 11.8 Å². The number of carboxylic acid groups (broad SMARTS) is 1. The Kier molecular flexibility index (Phi) is 2.38. The van der Waals surface area contributed by atoms with Crippen LogP contribution in [0.4, 0.5) is 4.39 Å². The smallest absolute Gasteiger partial charge is 0.382 e. The lowest BCUT2D eigenvalue weighted by Crippen LogP contribution is -1.88. The summed E-state index contributed by atoms with van der Waals surface area (Å²) in [6, 6.07) is 2.48. The van der Waals surface area contributed by atoms with Crippen molar-refractivity contribution in [2.75, 3.05) is 0 Å². The second-order valence-corrected chi connectivity index (χ2v) is 1.92. The molecule has 60 valence electrons. The summed E-state index contributed by atoms with van der Waals surface area (Å²) < 4.78 is 12.3. The molecular formula is C8H4FNO2. The van der Waals surface area contributed by atoms with E-state index in [2.05, 4.69) is 10.9 Å². The van der Waals surface area contributed by atoms with Crippen molar-refractivity contribution in [1.82, 2.24) is 4.98 Å². The SMILES string of the molecule is O=C(O)C#Cc1ccc(F)cn1. The van der Waals surface area contributed by atoms with E-state index in [4.69, 9.17) is 5.11 Å². The fourth-order valence-electron chi connectivity index (χ4n) is 0.567. The van der Waals surface area contributed by atoms with Gasteiger partial charge in [0.15, 0.2) is 0 Å². The highest BCUT2D eigenvalue weighted by Crippen LogP contribution is 1.95. The lowest BCUT2D eigenvalue weighted by Gasteiger charge is -1.86. The molecule has 0 aromatic carbocycles. The number of hydrogen-bond donors (Lipinski definition) is 1. The van der Waals surface area contributed by atoms with Gasteiger partial charge in [-0.15, -0.1) is 0 Å². The van der Waals surface area contributed by atoms with Crippen molar-refractivity contribution in [2.24, 2.45) is 0 Å². The fraction of sp³-hybridized carbons (Fsp3) is 0. The molecule has 1 heterocycles. The molecule has 1 aromatic rings. The summed E-state index contributed by atoms with van der Waals surface area (Å²) in [6.45, 7) is 0. The Labute approximate surface area is 67.9 Å². The molecule has 0 spiro atoms. The largest absolute Gasteiger partial charge is 0.472 e.